The van der Waals surface area contributed by atoms with Crippen LogP contribution in [0.3, 0.4) is 0 Å². The predicted octanol–water partition coefficient (Wildman–Crippen LogP) is 3.38. The molecule has 1 heterocycles. The molecule has 18 heavy (non-hydrogen) atoms. The van der Waals surface area contributed by atoms with Crippen LogP contribution in [-0.4, -0.2) is 9.55 Å². The van der Waals surface area contributed by atoms with E-state index >= 15 is 0 Å². The highest BCUT2D eigenvalue weighted by atomic mass is 79.9. The second-order valence-corrected chi connectivity index (χ2v) is 4.93. The number of aromatic nitrogens is 2. The van der Waals surface area contributed by atoms with Gasteiger partial charge >= 0.3 is 5.56 Å². The van der Waals surface area contributed by atoms with Crippen LogP contribution in [-0.2, 0) is 0 Å². The molecule has 2 aromatic rings. The molecule has 0 saturated carbocycles. The molecule has 2 rings (SSSR count). The summed E-state index contributed by atoms with van der Waals surface area (Å²) in [7, 11) is 0. The van der Waals surface area contributed by atoms with Crippen molar-refractivity contribution in [2.24, 2.45) is 0 Å². The van der Waals surface area contributed by atoms with Crippen molar-refractivity contribution in [1.29, 1.82) is 0 Å². The molecule has 94 valence electrons. The zero-order chi connectivity index (χ0) is 13.1. The largest absolute Gasteiger partial charge is 0.433 e. The minimum Gasteiger partial charge on any atom is -0.433 e. The van der Waals surface area contributed by atoms with Gasteiger partial charge in [-0.15, -0.1) is 0 Å². The maximum atomic E-state index is 12.1. The van der Waals surface area contributed by atoms with Crippen molar-refractivity contribution >= 4 is 15.9 Å². The number of hydrogen-bond donors (Lipinski definition) is 0. The Bertz CT molecular complexity index is 608. The normalized spacial score (nSPS) is 10.7. The van der Waals surface area contributed by atoms with Gasteiger partial charge in [0.2, 0.25) is 0 Å². The molecule has 0 unspecified atom stereocenters. The average molecular weight is 309 g/mol. The van der Waals surface area contributed by atoms with Gasteiger partial charge in [0.25, 0.3) is 5.88 Å². The second-order valence-electron chi connectivity index (χ2n) is 4.07. The van der Waals surface area contributed by atoms with E-state index in [1.807, 2.05) is 32.0 Å². The molecule has 0 aliphatic carbocycles. The standard InChI is InChI=1S/C13H13BrN2O2/c1-9(2)16-8-7-15-12(13(16)17)18-11-6-4-3-5-10(11)14/h3-9H,1-2H3. The van der Waals surface area contributed by atoms with Crippen LogP contribution in [0.2, 0.25) is 0 Å². The number of rotatable bonds is 3. The minimum absolute atomic E-state index is 0.0714. The third-order valence-corrected chi connectivity index (χ3v) is 3.09. The van der Waals surface area contributed by atoms with E-state index in [1.54, 1.807) is 23.0 Å². The van der Waals surface area contributed by atoms with Gasteiger partial charge in [-0.3, -0.25) is 4.79 Å². The number of halogens is 1. The zero-order valence-electron chi connectivity index (χ0n) is 10.1. The Morgan fingerprint density at radius 2 is 2.06 bits per heavy atom. The quantitative estimate of drug-likeness (QED) is 0.873. The third-order valence-electron chi connectivity index (χ3n) is 2.44. The fraction of sp³-hybridized carbons (Fsp3) is 0.231. The first-order valence-corrected chi connectivity index (χ1v) is 6.38. The molecule has 0 spiro atoms. The smallest absolute Gasteiger partial charge is 0.313 e. The first-order valence-electron chi connectivity index (χ1n) is 5.59. The molecule has 0 N–H and O–H groups in total. The summed E-state index contributed by atoms with van der Waals surface area (Å²) in [5.74, 6) is 0.654. The van der Waals surface area contributed by atoms with E-state index in [9.17, 15) is 4.79 Å². The van der Waals surface area contributed by atoms with E-state index in [2.05, 4.69) is 20.9 Å². The van der Waals surface area contributed by atoms with Gasteiger partial charge in [-0.05, 0) is 41.9 Å². The predicted molar refractivity (Wildman–Crippen MR) is 73.1 cm³/mol. The molecule has 1 aromatic carbocycles. The highest BCUT2D eigenvalue weighted by molar-refractivity contribution is 9.10. The van der Waals surface area contributed by atoms with E-state index < -0.39 is 0 Å². The molecule has 0 aliphatic rings. The topological polar surface area (TPSA) is 44.1 Å². The minimum atomic E-state index is -0.233. The Balaban J connectivity index is 2.39. The molecule has 1 aromatic heterocycles. The van der Waals surface area contributed by atoms with E-state index in [-0.39, 0.29) is 17.5 Å². The molecule has 5 heteroatoms. The Hall–Kier alpha value is -1.62. The van der Waals surface area contributed by atoms with Crippen LogP contribution in [0.25, 0.3) is 0 Å². The summed E-state index contributed by atoms with van der Waals surface area (Å²) < 4.78 is 7.91. The summed E-state index contributed by atoms with van der Waals surface area (Å²) >= 11 is 3.36. The lowest BCUT2D eigenvalue weighted by molar-refractivity contribution is 0.435. The van der Waals surface area contributed by atoms with E-state index in [4.69, 9.17) is 4.74 Å². The van der Waals surface area contributed by atoms with Gasteiger partial charge in [0.1, 0.15) is 5.75 Å². The van der Waals surface area contributed by atoms with Crippen LogP contribution in [0.5, 0.6) is 11.6 Å². The highest BCUT2D eigenvalue weighted by Crippen LogP contribution is 2.26. The summed E-state index contributed by atoms with van der Waals surface area (Å²) in [6.45, 7) is 3.87. The Morgan fingerprint density at radius 1 is 1.33 bits per heavy atom. The van der Waals surface area contributed by atoms with E-state index in [0.29, 0.717) is 5.75 Å². The molecule has 4 nitrogen and oxygen atoms in total. The van der Waals surface area contributed by atoms with Crippen molar-refractivity contribution < 1.29 is 4.74 Å². The fourth-order valence-electron chi connectivity index (χ4n) is 1.51. The lowest BCUT2D eigenvalue weighted by Gasteiger charge is -2.11. The summed E-state index contributed by atoms with van der Waals surface area (Å²) in [5.41, 5.74) is -0.233. The maximum absolute atomic E-state index is 12.1. The van der Waals surface area contributed by atoms with Crippen LogP contribution >= 0.6 is 15.9 Å². The van der Waals surface area contributed by atoms with Gasteiger partial charge in [-0.1, -0.05) is 12.1 Å². The first kappa shape index (κ1) is 12.8. The summed E-state index contributed by atoms with van der Waals surface area (Å²) in [5, 5.41) is 0. The fourth-order valence-corrected chi connectivity index (χ4v) is 1.88. The third kappa shape index (κ3) is 2.61. The first-order chi connectivity index (χ1) is 8.59. The molecule has 0 fully saturated rings. The zero-order valence-corrected chi connectivity index (χ0v) is 11.7. The van der Waals surface area contributed by atoms with E-state index in [1.165, 1.54) is 0 Å². The van der Waals surface area contributed by atoms with Crippen LogP contribution < -0.4 is 10.3 Å². The van der Waals surface area contributed by atoms with Gasteiger partial charge in [-0.2, -0.15) is 0 Å². The van der Waals surface area contributed by atoms with Gasteiger partial charge in [0.05, 0.1) is 4.47 Å². The average Bonchev–Trinajstić information content (AvgIpc) is 2.34. The molecule has 0 saturated heterocycles. The van der Waals surface area contributed by atoms with Gasteiger partial charge in [0.15, 0.2) is 0 Å². The SMILES string of the molecule is CC(C)n1ccnc(Oc2ccccc2Br)c1=O. The number of benzene rings is 1. The number of nitrogens with zero attached hydrogens (tertiary/aromatic N) is 2. The summed E-state index contributed by atoms with van der Waals surface area (Å²) in [6.07, 6.45) is 3.22. The van der Waals surface area contributed by atoms with Crippen molar-refractivity contribution in [3.8, 4) is 11.6 Å². The number of para-hydroxylation sites is 1. The van der Waals surface area contributed by atoms with Crippen LogP contribution in [0, 0.1) is 0 Å². The van der Waals surface area contributed by atoms with Crippen molar-refractivity contribution in [3.05, 3.63) is 51.5 Å². The lowest BCUT2D eigenvalue weighted by Crippen LogP contribution is -2.23. The van der Waals surface area contributed by atoms with Crippen LogP contribution in [0.1, 0.15) is 19.9 Å². The van der Waals surface area contributed by atoms with E-state index in [0.717, 1.165) is 4.47 Å². The second kappa shape index (κ2) is 5.35. The van der Waals surface area contributed by atoms with Crippen molar-refractivity contribution in [1.82, 2.24) is 9.55 Å². The Kier molecular flexibility index (Phi) is 3.81. The van der Waals surface area contributed by atoms with Crippen molar-refractivity contribution in [3.63, 3.8) is 0 Å². The molecular weight excluding hydrogens is 296 g/mol. The van der Waals surface area contributed by atoms with Gasteiger partial charge in [0, 0.05) is 18.4 Å². The van der Waals surface area contributed by atoms with Crippen molar-refractivity contribution in [2.45, 2.75) is 19.9 Å². The molecule has 0 aliphatic heterocycles. The van der Waals surface area contributed by atoms with Crippen LogP contribution in [0.4, 0.5) is 0 Å². The summed E-state index contributed by atoms with van der Waals surface area (Å²) in [4.78, 5) is 16.1. The molecule has 0 bridgehead atoms. The molecule has 0 amide bonds. The van der Waals surface area contributed by atoms with Crippen LogP contribution in [0.15, 0.2) is 45.9 Å². The maximum Gasteiger partial charge on any atom is 0.313 e. The Labute approximate surface area is 113 Å². The molecule has 0 atom stereocenters. The monoisotopic (exact) mass is 308 g/mol. The summed E-state index contributed by atoms with van der Waals surface area (Å²) in [6, 6.07) is 7.41. The lowest BCUT2D eigenvalue weighted by atomic mass is 10.3. The van der Waals surface area contributed by atoms with Crippen molar-refractivity contribution in [2.75, 3.05) is 0 Å². The molecule has 0 radical (unpaired) electrons. The highest BCUT2D eigenvalue weighted by Gasteiger charge is 2.10. The number of ether oxygens (including phenoxy) is 1. The van der Waals surface area contributed by atoms with Gasteiger partial charge in [-0.25, -0.2) is 4.98 Å². The van der Waals surface area contributed by atoms with Gasteiger partial charge < -0.3 is 9.30 Å². The Morgan fingerprint density at radius 3 is 2.72 bits per heavy atom. The number of hydrogen-bond acceptors (Lipinski definition) is 3. The molecular formula is C13H13BrN2O2.